The van der Waals surface area contributed by atoms with Gasteiger partial charge in [0.1, 0.15) is 17.2 Å². The van der Waals surface area contributed by atoms with Crippen LogP contribution in [-0.4, -0.2) is 24.5 Å². The number of thioether (sulfide) groups is 1. The van der Waals surface area contributed by atoms with Gasteiger partial charge < -0.3 is 9.47 Å². The highest BCUT2D eigenvalue weighted by Crippen LogP contribution is 2.50. The van der Waals surface area contributed by atoms with Gasteiger partial charge in [0.2, 0.25) is 5.12 Å². The number of carbonyl (C=O) groups is 1. The number of rotatable bonds is 9. The first-order valence-corrected chi connectivity index (χ1v) is 11.7. The molecule has 178 valence electrons. The molecule has 0 aliphatic carbocycles. The Morgan fingerprint density at radius 3 is 2.50 bits per heavy atom. The molecule has 0 radical (unpaired) electrons. The zero-order chi connectivity index (χ0) is 24.8. The number of benzene rings is 3. The van der Waals surface area contributed by atoms with E-state index in [1.54, 1.807) is 30.3 Å². The quantitative estimate of drug-likeness (QED) is 0.176. The molecule has 0 spiro atoms. The number of nitrogens with one attached hydrogen (secondary N) is 1. The van der Waals surface area contributed by atoms with E-state index < -0.39 is 5.25 Å². The number of allylic oxidation sites excluding steroid dienone is 2. The Morgan fingerprint density at radius 2 is 1.91 bits per heavy atom. The summed E-state index contributed by atoms with van der Waals surface area (Å²) in [4.78, 5) is 24.9. The molecule has 0 aliphatic heterocycles. The van der Waals surface area contributed by atoms with Gasteiger partial charge in [-0.1, -0.05) is 47.1 Å². The third-order valence-corrected chi connectivity index (χ3v) is 6.77. The Morgan fingerprint density at radius 1 is 1.18 bits per heavy atom. The highest BCUT2D eigenvalue weighted by molar-refractivity contribution is 8.14. The molecule has 7 nitrogen and oxygen atoms in total. The summed E-state index contributed by atoms with van der Waals surface area (Å²) in [5.74, 6) is 0.759. The lowest BCUT2D eigenvalue weighted by atomic mass is 9.97. The smallest absolute Gasteiger partial charge is 0.221 e. The summed E-state index contributed by atoms with van der Waals surface area (Å²) in [6, 6.07) is 11.6. The number of anilines is 1. The fraction of sp³-hybridized carbons (Fsp3) is 0.240. The first-order chi connectivity index (χ1) is 16.4. The van der Waals surface area contributed by atoms with E-state index in [9.17, 15) is 14.9 Å². The van der Waals surface area contributed by atoms with Crippen LogP contribution in [0, 0.1) is 4.91 Å². The van der Waals surface area contributed by atoms with Gasteiger partial charge in [-0.2, -0.15) is 0 Å². The number of methoxy groups -OCH3 is 2. The Kier molecular flexibility index (Phi) is 8.55. The molecule has 1 unspecified atom stereocenters. The van der Waals surface area contributed by atoms with Crippen molar-refractivity contribution in [1.29, 1.82) is 0 Å². The average molecular weight is 501 g/mol. The first-order valence-electron chi connectivity index (χ1n) is 10.4. The van der Waals surface area contributed by atoms with Gasteiger partial charge in [-0.15, -0.1) is 4.91 Å². The Hall–Kier alpha value is -3.07. The second-order valence-electron chi connectivity index (χ2n) is 7.68. The molecule has 34 heavy (non-hydrogen) atoms. The van der Waals surface area contributed by atoms with Crippen molar-refractivity contribution in [1.82, 2.24) is 0 Å². The molecule has 9 heteroatoms. The van der Waals surface area contributed by atoms with Crippen LogP contribution in [0.3, 0.4) is 0 Å². The number of hydrogen-bond acceptors (Lipinski definition) is 8. The van der Waals surface area contributed by atoms with Gasteiger partial charge in [0.25, 0.3) is 0 Å². The summed E-state index contributed by atoms with van der Waals surface area (Å²) in [6.07, 6.45) is 2.54. The van der Waals surface area contributed by atoms with Crippen LogP contribution >= 0.6 is 23.4 Å². The second kappa shape index (κ2) is 11.4. The fourth-order valence-electron chi connectivity index (χ4n) is 3.69. The van der Waals surface area contributed by atoms with Crippen LogP contribution in [0.25, 0.3) is 10.8 Å². The number of nitroso groups, excluding NO2 is 1. The molecule has 0 aromatic heterocycles. The number of hydrogen-bond donors (Lipinski definition) is 2. The van der Waals surface area contributed by atoms with E-state index in [0.29, 0.717) is 50.5 Å². The predicted molar refractivity (Wildman–Crippen MR) is 138 cm³/mol. The van der Waals surface area contributed by atoms with Crippen molar-refractivity contribution < 1.29 is 19.5 Å². The summed E-state index contributed by atoms with van der Waals surface area (Å²) in [5.41, 5.74) is 4.72. The summed E-state index contributed by atoms with van der Waals surface area (Å²) in [6.45, 7) is 3.95. The van der Waals surface area contributed by atoms with Gasteiger partial charge in [0, 0.05) is 16.4 Å². The maximum atomic E-state index is 13.2. The van der Waals surface area contributed by atoms with E-state index in [4.69, 9.17) is 21.1 Å². The number of ether oxygens (including phenoxy) is 2. The van der Waals surface area contributed by atoms with Crippen LogP contribution in [-0.2, 0) is 0 Å². The lowest BCUT2D eigenvalue weighted by Gasteiger charge is -2.22. The van der Waals surface area contributed by atoms with E-state index in [2.05, 4.69) is 10.7 Å². The van der Waals surface area contributed by atoms with Crippen LogP contribution in [0.1, 0.15) is 41.4 Å². The number of halogens is 1. The van der Waals surface area contributed by atoms with Crippen molar-refractivity contribution in [2.24, 2.45) is 5.18 Å². The molecule has 0 amide bonds. The topological polar surface area (TPSA) is 97.2 Å². The Balaban J connectivity index is 2.27. The standard InChI is InChI=1S/C25H25ClN2O5S/c1-14(2)9-12-21(34-25(29)15-7-5-6-8-17(15)26)16-13-20(32-3)22-18(27-30)10-11-19(28-31)23(22)24(16)33-4/h5-11,13,21,27,30H,12H2,1-4H3. The summed E-state index contributed by atoms with van der Waals surface area (Å²) in [7, 11) is 2.97. The zero-order valence-electron chi connectivity index (χ0n) is 19.2. The number of fused-ring (bicyclic) bond motifs is 1. The molecule has 0 fully saturated rings. The van der Waals surface area contributed by atoms with Crippen molar-refractivity contribution in [3.63, 3.8) is 0 Å². The minimum absolute atomic E-state index is 0.120. The Labute approximate surface area is 207 Å². The molecule has 0 aliphatic rings. The van der Waals surface area contributed by atoms with Gasteiger partial charge in [0.15, 0.2) is 0 Å². The van der Waals surface area contributed by atoms with Crippen LogP contribution in [0.2, 0.25) is 5.02 Å². The molecule has 3 aromatic carbocycles. The minimum atomic E-state index is -0.392. The molecular weight excluding hydrogens is 476 g/mol. The van der Waals surface area contributed by atoms with Gasteiger partial charge >= 0.3 is 0 Å². The van der Waals surface area contributed by atoms with E-state index in [-0.39, 0.29) is 10.8 Å². The largest absolute Gasteiger partial charge is 0.496 e. The van der Waals surface area contributed by atoms with Gasteiger partial charge in [-0.25, -0.2) is 0 Å². The molecule has 3 rings (SSSR count). The van der Waals surface area contributed by atoms with Crippen molar-refractivity contribution in [2.45, 2.75) is 25.5 Å². The third-order valence-electron chi connectivity index (χ3n) is 5.28. The normalized spacial score (nSPS) is 11.6. The fourth-order valence-corrected chi connectivity index (χ4v) is 5.03. The van der Waals surface area contributed by atoms with Crippen LogP contribution in [0.15, 0.2) is 59.3 Å². The van der Waals surface area contributed by atoms with Gasteiger partial charge in [0.05, 0.1) is 35.7 Å². The van der Waals surface area contributed by atoms with E-state index >= 15 is 0 Å². The summed E-state index contributed by atoms with van der Waals surface area (Å²) < 4.78 is 11.4. The van der Waals surface area contributed by atoms with E-state index in [0.717, 1.165) is 17.3 Å². The molecule has 0 heterocycles. The van der Waals surface area contributed by atoms with Crippen LogP contribution in [0.4, 0.5) is 11.4 Å². The van der Waals surface area contributed by atoms with Crippen molar-refractivity contribution in [3.8, 4) is 11.5 Å². The monoisotopic (exact) mass is 500 g/mol. The predicted octanol–water partition coefficient (Wildman–Crippen LogP) is 7.68. The summed E-state index contributed by atoms with van der Waals surface area (Å²) >= 11 is 7.38. The van der Waals surface area contributed by atoms with Crippen molar-refractivity contribution in [3.05, 3.63) is 75.2 Å². The number of nitrogens with zero attached hydrogens (tertiary/aromatic N) is 1. The van der Waals surface area contributed by atoms with Crippen LogP contribution in [0.5, 0.6) is 11.5 Å². The second-order valence-corrected chi connectivity index (χ2v) is 9.26. The maximum absolute atomic E-state index is 13.2. The maximum Gasteiger partial charge on any atom is 0.221 e. The number of carbonyl (C=O) groups excluding carboxylic acids is 1. The van der Waals surface area contributed by atoms with E-state index in [1.807, 2.05) is 19.9 Å². The van der Waals surface area contributed by atoms with Crippen molar-refractivity contribution >= 4 is 50.6 Å². The lowest BCUT2D eigenvalue weighted by molar-refractivity contribution is 0.108. The molecule has 2 N–H and O–H groups in total. The third kappa shape index (κ3) is 5.19. The zero-order valence-corrected chi connectivity index (χ0v) is 20.8. The Bertz CT molecular complexity index is 1260. The first kappa shape index (κ1) is 25.6. The minimum Gasteiger partial charge on any atom is -0.496 e. The van der Waals surface area contributed by atoms with Gasteiger partial charge in [-0.3, -0.25) is 15.5 Å². The SMILES string of the molecule is COc1cc(C(CC=C(C)C)SC(=O)c2ccccc2Cl)c(OC)c2c(N=O)ccc(NO)c12. The van der Waals surface area contributed by atoms with E-state index in [1.165, 1.54) is 26.4 Å². The average Bonchev–Trinajstić information content (AvgIpc) is 2.84. The lowest BCUT2D eigenvalue weighted by Crippen LogP contribution is -2.05. The molecule has 0 saturated carbocycles. The highest BCUT2D eigenvalue weighted by atomic mass is 35.5. The molecular formula is C25H25ClN2O5S. The highest BCUT2D eigenvalue weighted by Gasteiger charge is 2.27. The molecule has 1 atom stereocenters. The summed E-state index contributed by atoms with van der Waals surface area (Å²) in [5, 5.41) is 13.4. The molecule has 3 aromatic rings. The molecule has 0 saturated heterocycles. The molecule has 0 bridgehead atoms. The van der Waals surface area contributed by atoms with Crippen molar-refractivity contribution in [2.75, 3.05) is 19.7 Å². The van der Waals surface area contributed by atoms with Crippen LogP contribution < -0.4 is 15.0 Å². The van der Waals surface area contributed by atoms with Gasteiger partial charge in [-0.05, 0) is 55.8 Å².